The summed E-state index contributed by atoms with van der Waals surface area (Å²) in [4.78, 5) is 1.26. The van der Waals surface area contributed by atoms with E-state index in [1.807, 2.05) is 0 Å². The topological polar surface area (TPSA) is 119 Å². The molecule has 0 aliphatic heterocycles. The van der Waals surface area contributed by atoms with Crippen molar-refractivity contribution in [2.24, 2.45) is 7.05 Å². The molecule has 2 aromatic heterocycles. The van der Waals surface area contributed by atoms with Crippen LogP contribution in [-0.2, 0) is 7.05 Å². The van der Waals surface area contributed by atoms with E-state index >= 15 is 0 Å². The molecule has 2 aromatic rings. The van der Waals surface area contributed by atoms with Crippen LogP contribution in [0.25, 0.3) is 0 Å². The van der Waals surface area contributed by atoms with Gasteiger partial charge in [-0.15, -0.1) is 10.2 Å². The summed E-state index contributed by atoms with van der Waals surface area (Å²) in [6, 6.07) is 0. The molecule has 2 heterocycles. The molecule has 0 fully saturated rings. The standard InChI is InChI=1S/C6H9N7O/c1-13-11-6(10-12-13)4(14)3-2-8-9-5(3)7/h2,4,14H,1H3,(H3,7,8,9). The van der Waals surface area contributed by atoms with Crippen molar-refractivity contribution in [1.82, 2.24) is 30.4 Å². The molecule has 0 amide bonds. The Balaban J connectivity index is 2.33. The van der Waals surface area contributed by atoms with Crippen LogP contribution in [-0.4, -0.2) is 35.5 Å². The third-order valence-corrected chi connectivity index (χ3v) is 1.76. The average molecular weight is 195 g/mol. The summed E-state index contributed by atoms with van der Waals surface area (Å²) < 4.78 is 0. The van der Waals surface area contributed by atoms with Gasteiger partial charge in [0.25, 0.3) is 0 Å². The highest BCUT2D eigenvalue weighted by Gasteiger charge is 2.19. The smallest absolute Gasteiger partial charge is 0.207 e. The van der Waals surface area contributed by atoms with Crippen molar-refractivity contribution in [2.45, 2.75) is 6.10 Å². The van der Waals surface area contributed by atoms with Gasteiger partial charge in [0.1, 0.15) is 11.9 Å². The van der Waals surface area contributed by atoms with E-state index in [1.165, 1.54) is 11.0 Å². The molecule has 0 radical (unpaired) electrons. The number of nitrogens with two attached hydrogens (primary N) is 1. The first-order valence-electron chi connectivity index (χ1n) is 3.89. The number of aryl methyl sites for hydroxylation is 1. The van der Waals surface area contributed by atoms with Gasteiger partial charge in [-0.2, -0.15) is 9.90 Å². The Morgan fingerprint density at radius 3 is 2.93 bits per heavy atom. The molecule has 0 saturated carbocycles. The van der Waals surface area contributed by atoms with Crippen molar-refractivity contribution >= 4 is 5.82 Å². The van der Waals surface area contributed by atoms with Gasteiger partial charge in [0, 0.05) is 5.56 Å². The highest BCUT2D eigenvalue weighted by molar-refractivity contribution is 5.40. The molecule has 8 nitrogen and oxygen atoms in total. The lowest BCUT2D eigenvalue weighted by Crippen LogP contribution is -2.04. The van der Waals surface area contributed by atoms with Crippen LogP contribution in [0.15, 0.2) is 6.20 Å². The van der Waals surface area contributed by atoms with Crippen molar-refractivity contribution in [2.75, 3.05) is 5.73 Å². The first-order valence-corrected chi connectivity index (χ1v) is 3.89. The maximum Gasteiger partial charge on any atom is 0.207 e. The highest BCUT2D eigenvalue weighted by Crippen LogP contribution is 2.21. The maximum atomic E-state index is 9.76. The number of hydrogen-bond acceptors (Lipinski definition) is 6. The van der Waals surface area contributed by atoms with Crippen LogP contribution in [0.2, 0.25) is 0 Å². The second-order valence-corrected chi connectivity index (χ2v) is 2.78. The van der Waals surface area contributed by atoms with E-state index in [4.69, 9.17) is 5.73 Å². The summed E-state index contributed by atoms with van der Waals surface area (Å²) in [5.74, 6) is 0.491. The van der Waals surface area contributed by atoms with E-state index in [1.54, 1.807) is 7.05 Å². The van der Waals surface area contributed by atoms with Crippen LogP contribution in [0.4, 0.5) is 5.82 Å². The summed E-state index contributed by atoms with van der Waals surface area (Å²) >= 11 is 0. The third-order valence-electron chi connectivity index (χ3n) is 1.76. The fourth-order valence-electron chi connectivity index (χ4n) is 1.07. The lowest BCUT2D eigenvalue weighted by Gasteiger charge is -2.02. The fourth-order valence-corrected chi connectivity index (χ4v) is 1.07. The largest absolute Gasteiger partial charge is 0.384 e. The van der Waals surface area contributed by atoms with E-state index in [0.29, 0.717) is 11.4 Å². The molecule has 0 bridgehead atoms. The minimum atomic E-state index is -0.998. The summed E-state index contributed by atoms with van der Waals surface area (Å²) in [5, 5.41) is 27.1. The highest BCUT2D eigenvalue weighted by atomic mass is 16.3. The summed E-state index contributed by atoms with van der Waals surface area (Å²) in [6.45, 7) is 0. The number of nitrogen functional groups attached to an aromatic ring is 1. The number of tetrazole rings is 1. The molecule has 0 saturated heterocycles. The van der Waals surface area contributed by atoms with Crippen LogP contribution in [0.5, 0.6) is 0 Å². The summed E-state index contributed by atoms with van der Waals surface area (Å²) in [6.07, 6.45) is 0.429. The number of aliphatic hydroxyl groups is 1. The molecule has 0 spiro atoms. The summed E-state index contributed by atoms with van der Waals surface area (Å²) in [5.41, 5.74) is 5.97. The van der Waals surface area contributed by atoms with Gasteiger partial charge < -0.3 is 10.8 Å². The SMILES string of the molecule is Cn1nnc(C(O)c2cn[nH]c2N)n1. The second kappa shape index (κ2) is 3.07. The van der Waals surface area contributed by atoms with Crippen LogP contribution in [0, 0.1) is 0 Å². The molecule has 0 aromatic carbocycles. The molecular weight excluding hydrogens is 186 g/mol. The van der Waals surface area contributed by atoms with Crippen molar-refractivity contribution < 1.29 is 5.11 Å². The lowest BCUT2D eigenvalue weighted by molar-refractivity contribution is 0.210. The zero-order valence-electron chi connectivity index (χ0n) is 7.42. The number of hydrogen-bond donors (Lipinski definition) is 3. The first-order chi connectivity index (χ1) is 6.68. The van der Waals surface area contributed by atoms with Crippen molar-refractivity contribution in [3.8, 4) is 0 Å². The van der Waals surface area contributed by atoms with Gasteiger partial charge in [-0.1, -0.05) is 0 Å². The van der Waals surface area contributed by atoms with Crippen LogP contribution in [0.3, 0.4) is 0 Å². The molecule has 74 valence electrons. The number of nitrogens with zero attached hydrogens (tertiary/aromatic N) is 5. The second-order valence-electron chi connectivity index (χ2n) is 2.78. The molecule has 0 aliphatic carbocycles. The van der Waals surface area contributed by atoms with Crippen LogP contribution < -0.4 is 5.73 Å². The molecule has 0 aliphatic rings. The van der Waals surface area contributed by atoms with Gasteiger partial charge in [0.2, 0.25) is 5.82 Å². The molecule has 8 heteroatoms. The Hall–Kier alpha value is -1.96. The number of nitrogens with one attached hydrogen (secondary N) is 1. The molecule has 1 unspecified atom stereocenters. The number of rotatable bonds is 2. The minimum absolute atomic E-state index is 0.195. The number of aliphatic hydroxyl groups excluding tert-OH is 1. The van der Waals surface area contributed by atoms with Gasteiger partial charge in [-0.3, -0.25) is 5.10 Å². The van der Waals surface area contributed by atoms with Crippen molar-refractivity contribution in [3.63, 3.8) is 0 Å². The predicted octanol–water partition coefficient (Wildman–Crippen LogP) is -1.40. The predicted molar refractivity (Wildman–Crippen MR) is 45.9 cm³/mol. The Kier molecular flexibility index (Phi) is 1.89. The summed E-state index contributed by atoms with van der Waals surface area (Å²) in [7, 11) is 1.61. The van der Waals surface area contributed by atoms with Crippen molar-refractivity contribution in [1.29, 1.82) is 0 Å². The fraction of sp³-hybridized carbons (Fsp3) is 0.333. The van der Waals surface area contributed by atoms with Crippen LogP contribution in [0.1, 0.15) is 17.5 Å². The minimum Gasteiger partial charge on any atom is -0.384 e. The van der Waals surface area contributed by atoms with E-state index in [2.05, 4.69) is 25.6 Å². The molecule has 2 rings (SSSR count). The Morgan fingerprint density at radius 2 is 2.43 bits per heavy atom. The number of H-pyrrole nitrogens is 1. The van der Waals surface area contributed by atoms with Gasteiger partial charge >= 0.3 is 0 Å². The van der Waals surface area contributed by atoms with E-state index in [0.717, 1.165) is 0 Å². The van der Waals surface area contributed by atoms with E-state index in [9.17, 15) is 5.11 Å². The Labute approximate surface area is 78.7 Å². The maximum absolute atomic E-state index is 9.76. The molecular formula is C6H9N7O. The van der Waals surface area contributed by atoms with Crippen LogP contribution >= 0.6 is 0 Å². The number of anilines is 1. The Bertz CT molecular complexity index is 433. The quantitative estimate of drug-likeness (QED) is 0.542. The average Bonchev–Trinajstić information content (AvgIpc) is 2.73. The zero-order chi connectivity index (χ0) is 10.1. The van der Waals surface area contributed by atoms with Gasteiger partial charge in [0.15, 0.2) is 0 Å². The number of aromatic nitrogens is 6. The monoisotopic (exact) mass is 195 g/mol. The van der Waals surface area contributed by atoms with Crippen molar-refractivity contribution in [3.05, 3.63) is 17.6 Å². The van der Waals surface area contributed by atoms with Gasteiger partial charge in [-0.25, -0.2) is 0 Å². The van der Waals surface area contributed by atoms with Gasteiger partial charge in [0.05, 0.1) is 13.2 Å². The van der Waals surface area contributed by atoms with E-state index < -0.39 is 6.10 Å². The molecule has 1 atom stereocenters. The number of aromatic amines is 1. The first kappa shape index (κ1) is 8.63. The zero-order valence-corrected chi connectivity index (χ0v) is 7.42. The van der Waals surface area contributed by atoms with E-state index in [-0.39, 0.29) is 5.82 Å². The van der Waals surface area contributed by atoms with Gasteiger partial charge in [-0.05, 0) is 5.21 Å². The normalized spacial score (nSPS) is 13.0. The molecule has 14 heavy (non-hydrogen) atoms. The third kappa shape index (κ3) is 1.31. The lowest BCUT2D eigenvalue weighted by atomic mass is 10.2. The molecule has 4 N–H and O–H groups in total. The Morgan fingerprint density at radius 1 is 1.64 bits per heavy atom.